The van der Waals surface area contributed by atoms with Crippen molar-refractivity contribution in [2.45, 2.75) is 25.7 Å². The number of aromatic nitrogens is 3. The molecule has 2 aromatic heterocycles. The molecule has 3 heterocycles. The Kier molecular flexibility index (Phi) is 6.24. The molecule has 4 aromatic rings. The molecule has 1 amide bonds. The standard InChI is InChI=1S/C27H26N4O2/c32-26(23-6-1-8-24(19-23)33-27-29-13-4-14-30-27)31-15-3-5-20(11-16-31)17-21-9-10-25-22(18-21)7-2-12-28-25/h1-2,4,6-10,12-14,18-20H,3,5,11,15-17H2. The number of fused-ring (bicyclic) bond motifs is 1. The summed E-state index contributed by atoms with van der Waals surface area (Å²) in [6.45, 7) is 1.55. The number of hydrogen-bond acceptors (Lipinski definition) is 5. The van der Waals surface area contributed by atoms with Gasteiger partial charge < -0.3 is 9.64 Å². The fourth-order valence-corrected chi connectivity index (χ4v) is 4.48. The van der Waals surface area contributed by atoms with Gasteiger partial charge in [0.05, 0.1) is 5.52 Å². The van der Waals surface area contributed by atoms with Crippen molar-refractivity contribution in [3.8, 4) is 11.8 Å². The number of carbonyl (C=O) groups excluding carboxylic acids is 1. The molecular formula is C27H26N4O2. The fraction of sp³-hybridized carbons (Fsp3) is 0.259. The number of pyridine rings is 1. The van der Waals surface area contributed by atoms with Crippen LogP contribution in [0.1, 0.15) is 35.2 Å². The van der Waals surface area contributed by atoms with Crippen molar-refractivity contribution in [3.63, 3.8) is 0 Å². The molecule has 2 aromatic carbocycles. The van der Waals surface area contributed by atoms with Crippen molar-refractivity contribution in [2.75, 3.05) is 13.1 Å². The van der Waals surface area contributed by atoms with Gasteiger partial charge in [-0.05, 0) is 79.6 Å². The van der Waals surface area contributed by atoms with Gasteiger partial charge in [0.1, 0.15) is 5.75 Å². The van der Waals surface area contributed by atoms with E-state index >= 15 is 0 Å². The molecule has 1 atom stereocenters. The van der Waals surface area contributed by atoms with E-state index < -0.39 is 0 Å². The van der Waals surface area contributed by atoms with Crippen molar-refractivity contribution in [2.24, 2.45) is 5.92 Å². The van der Waals surface area contributed by atoms with Gasteiger partial charge in [0.15, 0.2) is 0 Å². The third kappa shape index (κ3) is 5.17. The van der Waals surface area contributed by atoms with Gasteiger partial charge in [-0.2, -0.15) is 0 Å². The summed E-state index contributed by atoms with van der Waals surface area (Å²) in [5, 5.41) is 1.18. The fourth-order valence-electron chi connectivity index (χ4n) is 4.48. The Labute approximate surface area is 193 Å². The summed E-state index contributed by atoms with van der Waals surface area (Å²) < 4.78 is 5.70. The maximum Gasteiger partial charge on any atom is 0.321 e. The lowest BCUT2D eigenvalue weighted by Crippen LogP contribution is -2.32. The largest absolute Gasteiger partial charge is 0.424 e. The molecule has 0 radical (unpaired) electrons. The smallest absolute Gasteiger partial charge is 0.321 e. The van der Waals surface area contributed by atoms with Gasteiger partial charge in [-0.3, -0.25) is 9.78 Å². The Morgan fingerprint density at radius 1 is 0.909 bits per heavy atom. The van der Waals surface area contributed by atoms with Crippen molar-refractivity contribution < 1.29 is 9.53 Å². The molecule has 0 aliphatic carbocycles. The van der Waals surface area contributed by atoms with Crippen molar-refractivity contribution >= 4 is 16.8 Å². The zero-order valence-electron chi connectivity index (χ0n) is 18.4. The number of benzene rings is 2. The molecule has 1 unspecified atom stereocenters. The highest BCUT2D eigenvalue weighted by atomic mass is 16.5. The second-order valence-electron chi connectivity index (χ2n) is 8.48. The molecule has 1 aliphatic heterocycles. The molecule has 33 heavy (non-hydrogen) atoms. The maximum atomic E-state index is 13.2. The van der Waals surface area contributed by atoms with E-state index in [1.54, 1.807) is 24.5 Å². The van der Waals surface area contributed by atoms with E-state index in [2.05, 4.69) is 39.2 Å². The molecular weight excluding hydrogens is 412 g/mol. The number of rotatable bonds is 5. The molecule has 166 valence electrons. The first-order chi connectivity index (χ1) is 16.2. The molecule has 0 spiro atoms. The van der Waals surface area contributed by atoms with Gasteiger partial charge in [0.2, 0.25) is 0 Å². The molecule has 0 N–H and O–H groups in total. The number of amides is 1. The van der Waals surface area contributed by atoms with Crippen LogP contribution in [0.15, 0.2) is 79.3 Å². The zero-order valence-corrected chi connectivity index (χ0v) is 18.4. The van der Waals surface area contributed by atoms with E-state index in [0.717, 1.165) is 44.3 Å². The van der Waals surface area contributed by atoms with E-state index in [0.29, 0.717) is 17.2 Å². The quantitative estimate of drug-likeness (QED) is 0.423. The normalized spacial score (nSPS) is 16.4. The average molecular weight is 439 g/mol. The first-order valence-electron chi connectivity index (χ1n) is 11.4. The van der Waals surface area contributed by atoms with Crippen LogP contribution in [0.25, 0.3) is 10.9 Å². The van der Waals surface area contributed by atoms with Crippen LogP contribution in [0.2, 0.25) is 0 Å². The van der Waals surface area contributed by atoms with E-state index in [-0.39, 0.29) is 11.9 Å². The van der Waals surface area contributed by atoms with Crippen molar-refractivity contribution in [1.29, 1.82) is 0 Å². The topological polar surface area (TPSA) is 68.2 Å². The second kappa shape index (κ2) is 9.77. The van der Waals surface area contributed by atoms with E-state index in [9.17, 15) is 4.79 Å². The van der Waals surface area contributed by atoms with Crippen LogP contribution in [0.4, 0.5) is 0 Å². The van der Waals surface area contributed by atoms with Crippen LogP contribution in [0.3, 0.4) is 0 Å². The number of hydrogen-bond donors (Lipinski definition) is 0. The minimum atomic E-state index is 0.0480. The second-order valence-corrected chi connectivity index (χ2v) is 8.48. The van der Waals surface area contributed by atoms with Gasteiger partial charge in [-0.25, -0.2) is 9.97 Å². The SMILES string of the molecule is O=C(c1cccc(Oc2ncccn2)c1)N1CCCC(Cc2ccc3ncccc3c2)CC1. The molecule has 1 saturated heterocycles. The summed E-state index contributed by atoms with van der Waals surface area (Å²) >= 11 is 0. The van der Waals surface area contributed by atoms with E-state index in [4.69, 9.17) is 4.74 Å². The summed E-state index contributed by atoms with van der Waals surface area (Å²) in [7, 11) is 0. The van der Waals surface area contributed by atoms with Gasteiger partial charge in [-0.15, -0.1) is 0 Å². The van der Waals surface area contributed by atoms with Crippen LogP contribution in [-0.2, 0) is 6.42 Å². The average Bonchev–Trinajstić information content (AvgIpc) is 3.10. The molecule has 6 nitrogen and oxygen atoms in total. The first-order valence-corrected chi connectivity index (χ1v) is 11.4. The van der Waals surface area contributed by atoms with Crippen molar-refractivity contribution in [1.82, 2.24) is 19.9 Å². The van der Waals surface area contributed by atoms with Crippen molar-refractivity contribution in [3.05, 3.63) is 90.4 Å². The Balaban J connectivity index is 1.22. The number of nitrogens with zero attached hydrogens (tertiary/aromatic N) is 4. The van der Waals surface area contributed by atoms with Crippen LogP contribution in [0, 0.1) is 5.92 Å². The minimum Gasteiger partial charge on any atom is -0.424 e. The van der Waals surface area contributed by atoms with Gasteiger partial charge in [0, 0.05) is 42.6 Å². The zero-order chi connectivity index (χ0) is 22.5. The van der Waals surface area contributed by atoms with Crippen LogP contribution in [-0.4, -0.2) is 38.8 Å². The summed E-state index contributed by atoms with van der Waals surface area (Å²) in [5.74, 6) is 1.18. The Bertz CT molecular complexity index is 1250. The van der Waals surface area contributed by atoms with E-state index in [1.807, 2.05) is 35.4 Å². The van der Waals surface area contributed by atoms with E-state index in [1.165, 1.54) is 10.9 Å². The lowest BCUT2D eigenvalue weighted by Gasteiger charge is -2.21. The predicted octanol–water partition coefficient (Wildman–Crippen LogP) is 5.30. The third-order valence-corrected chi connectivity index (χ3v) is 6.16. The number of likely N-dealkylation sites (tertiary alicyclic amines) is 1. The summed E-state index contributed by atoms with van der Waals surface area (Å²) in [5.41, 5.74) is 3.00. The lowest BCUT2D eigenvalue weighted by molar-refractivity contribution is 0.0759. The van der Waals surface area contributed by atoms with Gasteiger partial charge in [-0.1, -0.05) is 18.2 Å². The summed E-state index contributed by atoms with van der Waals surface area (Å²) in [6, 6.07) is 19.9. The maximum absolute atomic E-state index is 13.2. The van der Waals surface area contributed by atoms with Crippen LogP contribution < -0.4 is 4.74 Å². The molecule has 1 fully saturated rings. The van der Waals surface area contributed by atoms with Crippen LogP contribution in [0.5, 0.6) is 11.8 Å². The van der Waals surface area contributed by atoms with Crippen LogP contribution >= 0.6 is 0 Å². The molecule has 5 rings (SSSR count). The Morgan fingerprint density at radius 2 is 1.79 bits per heavy atom. The molecule has 1 aliphatic rings. The lowest BCUT2D eigenvalue weighted by atomic mass is 9.92. The highest BCUT2D eigenvalue weighted by molar-refractivity contribution is 5.94. The summed E-state index contributed by atoms with van der Waals surface area (Å²) in [6.07, 6.45) is 9.26. The molecule has 0 bridgehead atoms. The molecule has 6 heteroatoms. The highest BCUT2D eigenvalue weighted by Crippen LogP contribution is 2.25. The highest BCUT2D eigenvalue weighted by Gasteiger charge is 2.22. The van der Waals surface area contributed by atoms with Gasteiger partial charge >= 0.3 is 6.01 Å². The third-order valence-electron chi connectivity index (χ3n) is 6.16. The van der Waals surface area contributed by atoms with Gasteiger partial charge in [0.25, 0.3) is 5.91 Å². The Morgan fingerprint density at radius 3 is 2.70 bits per heavy atom. The molecule has 0 saturated carbocycles. The Hall–Kier alpha value is -3.80. The number of ether oxygens (including phenoxy) is 1. The number of carbonyl (C=O) groups is 1. The minimum absolute atomic E-state index is 0.0480. The monoisotopic (exact) mass is 438 g/mol. The summed E-state index contributed by atoms with van der Waals surface area (Å²) in [4.78, 5) is 27.7. The first kappa shape index (κ1) is 21.1. The predicted molar refractivity (Wildman–Crippen MR) is 127 cm³/mol.